The summed E-state index contributed by atoms with van der Waals surface area (Å²) >= 11 is 1.71. The van der Waals surface area contributed by atoms with Gasteiger partial charge in [-0.3, -0.25) is 0 Å². The number of carbonyl (C=O) groups excluding carboxylic acids is 1. The Morgan fingerprint density at radius 2 is 1.76 bits per heavy atom. The summed E-state index contributed by atoms with van der Waals surface area (Å²) in [4.78, 5) is 13.2. The van der Waals surface area contributed by atoms with Crippen LogP contribution < -0.4 is 4.74 Å². The summed E-state index contributed by atoms with van der Waals surface area (Å²) < 4.78 is 11.1. The highest BCUT2D eigenvalue weighted by atomic mass is 32.2. The molecule has 0 bridgehead atoms. The van der Waals surface area contributed by atoms with Gasteiger partial charge in [-0.2, -0.15) is 0 Å². The van der Waals surface area contributed by atoms with Crippen LogP contribution in [0.4, 0.5) is 0 Å². The molecule has 4 heteroatoms. The highest BCUT2D eigenvalue weighted by Crippen LogP contribution is 2.32. The number of rotatable bonds is 6. The molecule has 0 aliphatic heterocycles. The Labute approximate surface area is 154 Å². The van der Waals surface area contributed by atoms with E-state index in [0.717, 1.165) is 17.5 Å². The number of hydrogen-bond acceptors (Lipinski definition) is 4. The van der Waals surface area contributed by atoms with Crippen LogP contribution in [-0.4, -0.2) is 24.4 Å². The van der Waals surface area contributed by atoms with Gasteiger partial charge in [0.2, 0.25) is 0 Å². The molecule has 0 saturated heterocycles. The van der Waals surface area contributed by atoms with Crippen molar-refractivity contribution in [3.05, 3.63) is 48.0 Å². The molecule has 134 valence electrons. The van der Waals surface area contributed by atoms with Crippen molar-refractivity contribution >= 4 is 17.7 Å². The molecular formula is C21H26O3S. The van der Waals surface area contributed by atoms with E-state index in [9.17, 15) is 4.79 Å². The maximum atomic E-state index is 11.9. The van der Waals surface area contributed by atoms with E-state index in [1.807, 2.05) is 32.9 Å². The number of thioether (sulfide) groups is 1. The molecule has 0 atom stereocenters. The first-order chi connectivity index (χ1) is 11.8. The standard InChI is InChI=1S/C21H26O3S/c1-6-15-7-12-19(23-14-20(22)24-21(2,3)4)18(13-15)16-8-10-17(25-5)11-9-16/h7-13H,6,14H2,1-5H3. The second kappa shape index (κ2) is 8.43. The summed E-state index contributed by atoms with van der Waals surface area (Å²) in [5.41, 5.74) is 2.79. The minimum Gasteiger partial charge on any atom is -0.481 e. The third kappa shape index (κ3) is 5.82. The van der Waals surface area contributed by atoms with Gasteiger partial charge in [0.05, 0.1) is 0 Å². The van der Waals surface area contributed by atoms with Crippen molar-refractivity contribution in [3.63, 3.8) is 0 Å². The summed E-state index contributed by atoms with van der Waals surface area (Å²) in [5.74, 6) is 0.329. The largest absolute Gasteiger partial charge is 0.481 e. The zero-order valence-electron chi connectivity index (χ0n) is 15.6. The third-order valence-electron chi connectivity index (χ3n) is 3.62. The minimum absolute atomic E-state index is 0.0986. The zero-order chi connectivity index (χ0) is 18.4. The van der Waals surface area contributed by atoms with Gasteiger partial charge in [-0.1, -0.05) is 25.1 Å². The average molecular weight is 359 g/mol. The quantitative estimate of drug-likeness (QED) is 0.514. The second-order valence-electron chi connectivity index (χ2n) is 6.79. The SMILES string of the molecule is CCc1ccc(OCC(=O)OC(C)(C)C)c(-c2ccc(SC)cc2)c1. The van der Waals surface area contributed by atoms with E-state index in [2.05, 4.69) is 43.5 Å². The fraction of sp³-hybridized carbons (Fsp3) is 0.381. The maximum absolute atomic E-state index is 11.9. The number of esters is 1. The van der Waals surface area contributed by atoms with E-state index < -0.39 is 5.60 Å². The molecule has 0 heterocycles. The fourth-order valence-electron chi connectivity index (χ4n) is 2.43. The number of ether oxygens (including phenoxy) is 2. The molecule has 0 amide bonds. The number of carbonyl (C=O) groups is 1. The smallest absolute Gasteiger partial charge is 0.344 e. The van der Waals surface area contributed by atoms with Crippen molar-refractivity contribution in [3.8, 4) is 16.9 Å². The first kappa shape index (κ1) is 19.4. The molecule has 3 nitrogen and oxygen atoms in total. The molecule has 0 radical (unpaired) electrons. The lowest BCUT2D eigenvalue weighted by molar-refractivity contribution is -0.157. The number of benzene rings is 2. The normalized spacial score (nSPS) is 11.2. The van der Waals surface area contributed by atoms with Crippen LogP contribution in [0.15, 0.2) is 47.4 Å². The van der Waals surface area contributed by atoms with Gasteiger partial charge < -0.3 is 9.47 Å². The molecule has 0 unspecified atom stereocenters. The molecule has 2 aromatic carbocycles. The predicted octanol–water partition coefficient (Wildman–Crippen LogP) is 5.36. The lowest BCUT2D eigenvalue weighted by atomic mass is 10.0. The first-order valence-electron chi connectivity index (χ1n) is 8.44. The van der Waals surface area contributed by atoms with Crippen LogP contribution in [0.3, 0.4) is 0 Å². The van der Waals surface area contributed by atoms with Crippen LogP contribution in [0.25, 0.3) is 11.1 Å². The molecule has 2 rings (SSSR count). The Hall–Kier alpha value is -1.94. The number of hydrogen-bond donors (Lipinski definition) is 0. The lowest BCUT2D eigenvalue weighted by Gasteiger charge is -2.20. The van der Waals surface area contributed by atoms with E-state index in [4.69, 9.17) is 9.47 Å². The Morgan fingerprint density at radius 3 is 2.32 bits per heavy atom. The van der Waals surface area contributed by atoms with Gasteiger partial charge in [-0.05, 0) is 68.8 Å². The second-order valence-corrected chi connectivity index (χ2v) is 7.67. The van der Waals surface area contributed by atoms with Crippen LogP contribution in [0.1, 0.15) is 33.3 Å². The van der Waals surface area contributed by atoms with Crippen LogP contribution in [0.2, 0.25) is 0 Å². The van der Waals surface area contributed by atoms with Crippen LogP contribution in [0, 0.1) is 0 Å². The summed E-state index contributed by atoms with van der Waals surface area (Å²) in [6.07, 6.45) is 3.00. The fourth-order valence-corrected chi connectivity index (χ4v) is 2.83. The Bertz CT molecular complexity index is 715. The Morgan fingerprint density at radius 1 is 1.08 bits per heavy atom. The lowest BCUT2D eigenvalue weighted by Crippen LogP contribution is -2.27. The van der Waals surface area contributed by atoms with Crippen LogP contribution in [0.5, 0.6) is 5.75 Å². The highest BCUT2D eigenvalue weighted by Gasteiger charge is 2.17. The first-order valence-corrected chi connectivity index (χ1v) is 9.67. The van der Waals surface area contributed by atoms with Crippen LogP contribution >= 0.6 is 11.8 Å². The van der Waals surface area contributed by atoms with Gasteiger partial charge in [-0.25, -0.2) is 4.79 Å². The molecule has 25 heavy (non-hydrogen) atoms. The summed E-state index contributed by atoms with van der Waals surface area (Å²) in [7, 11) is 0. The van der Waals surface area contributed by atoms with Gasteiger partial charge in [-0.15, -0.1) is 11.8 Å². The molecule has 2 aromatic rings. The summed E-state index contributed by atoms with van der Waals surface area (Å²) in [6, 6.07) is 14.4. The highest BCUT2D eigenvalue weighted by molar-refractivity contribution is 7.98. The van der Waals surface area contributed by atoms with Crippen molar-refractivity contribution in [1.82, 2.24) is 0 Å². The molecule has 0 N–H and O–H groups in total. The summed E-state index contributed by atoms with van der Waals surface area (Å²) in [5, 5.41) is 0. The molecule has 0 spiro atoms. The minimum atomic E-state index is -0.511. The molecule has 0 aromatic heterocycles. The molecule has 0 saturated carbocycles. The maximum Gasteiger partial charge on any atom is 0.344 e. The van der Waals surface area contributed by atoms with Crippen molar-refractivity contribution in [2.45, 2.75) is 44.6 Å². The molecular weight excluding hydrogens is 332 g/mol. The van der Waals surface area contributed by atoms with Gasteiger partial charge in [0, 0.05) is 10.5 Å². The third-order valence-corrected chi connectivity index (χ3v) is 4.36. The van der Waals surface area contributed by atoms with E-state index >= 15 is 0 Å². The molecule has 0 aliphatic carbocycles. The Balaban J connectivity index is 2.23. The zero-order valence-corrected chi connectivity index (χ0v) is 16.4. The van der Waals surface area contributed by atoms with Gasteiger partial charge in [0.15, 0.2) is 6.61 Å². The predicted molar refractivity (Wildman–Crippen MR) is 104 cm³/mol. The molecule has 0 fully saturated rings. The van der Waals surface area contributed by atoms with E-state index in [1.165, 1.54) is 10.5 Å². The number of aryl methyl sites for hydroxylation is 1. The monoisotopic (exact) mass is 358 g/mol. The van der Waals surface area contributed by atoms with Crippen LogP contribution in [-0.2, 0) is 16.0 Å². The van der Waals surface area contributed by atoms with Crippen molar-refractivity contribution in [1.29, 1.82) is 0 Å². The van der Waals surface area contributed by atoms with Crippen molar-refractivity contribution < 1.29 is 14.3 Å². The molecule has 0 aliphatic rings. The van der Waals surface area contributed by atoms with Gasteiger partial charge >= 0.3 is 5.97 Å². The topological polar surface area (TPSA) is 35.5 Å². The van der Waals surface area contributed by atoms with E-state index in [-0.39, 0.29) is 12.6 Å². The van der Waals surface area contributed by atoms with Gasteiger partial charge in [0.25, 0.3) is 0 Å². The van der Waals surface area contributed by atoms with E-state index in [1.54, 1.807) is 11.8 Å². The Kier molecular flexibility index (Phi) is 6.54. The van der Waals surface area contributed by atoms with Crippen molar-refractivity contribution in [2.75, 3.05) is 12.9 Å². The van der Waals surface area contributed by atoms with Crippen molar-refractivity contribution in [2.24, 2.45) is 0 Å². The average Bonchev–Trinajstić information content (AvgIpc) is 2.58. The summed E-state index contributed by atoms with van der Waals surface area (Å²) in [6.45, 7) is 7.56. The van der Waals surface area contributed by atoms with Gasteiger partial charge in [0.1, 0.15) is 11.4 Å². The van der Waals surface area contributed by atoms with E-state index in [0.29, 0.717) is 5.75 Å².